The molecule has 0 unspecified atom stereocenters. The second kappa shape index (κ2) is 3.95. The number of amides is 1. The van der Waals surface area contributed by atoms with Gasteiger partial charge in [0.1, 0.15) is 0 Å². The van der Waals surface area contributed by atoms with E-state index in [-0.39, 0.29) is 6.42 Å². The minimum absolute atomic E-state index is 0.122. The lowest BCUT2D eigenvalue weighted by Gasteiger charge is -2.25. The van der Waals surface area contributed by atoms with Gasteiger partial charge in [0.2, 0.25) is 5.91 Å². The fourth-order valence-corrected chi connectivity index (χ4v) is 0.838. The first-order chi connectivity index (χ1) is 5.62. The third-order valence-corrected chi connectivity index (χ3v) is 1.38. The van der Waals surface area contributed by atoms with Gasteiger partial charge in [-0.3, -0.25) is 4.79 Å². The van der Waals surface area contributed by atoms with Crippen molar-refractivity contribution in [1.82, 2.24) is 5.32 Å². The molecule has 13 heavy (non-hydrogen) atoms. The van der Waals surface area contributed by atoms with Crippen LogP contribution in [0.3, 0.4) is 0 Å². The van der Waals surface area contributed by atoms with Crippen LogP contribution in [-0.2, 0) is 4.79 Å². The molecule has 1 amide bonds. The maximum atomic E-state index is 11.7. The maximum absolute atomic E-state index is 11.7. The van der Waals surface area contributed by atoms with E-state index in [0.29, 0.717) is 0 Å². The molecule has 0 spiro atoms. The van der Waals surface area contributed by atoms with Crippen molar-refractivity contribution < 1.29 is 18.0 Å². The lowest BCUT2D eigenvalue weighted by atomic mass is 10.0. The van der Waals surface area contributed by atoms with Crippen LogP contribution in [0.25, 0.3) is 0 Å². The van der Waals surface area contributed by atoms with Crippen LogP contribution in [0.1, 0.15) is 20.3 Å². The first-order valence-corrected chi connectivity index (χ1v) is 3.72. The quantitative estimate of drug-likeness (QED) is 0.701. The van der Waals surface area contributed by atoms with Gasteiger partial charge >= 0.3 is 6.18 Å². The Bertz CT molecular complexity index is 189. The van der Waals surface area contributed by atoms with Gasteiger partial charge in [0, 0.05) is 12.0 Å². The number of rotatable bonds is 4. The molecule has 0 heterocycles. The van der Waals surface area contributed by atoms with E-state index in [4.69, 9.17) is 5.73 Å². The molecule has 3 N–H and O–H groups in total. The summed E-state index contributed by atoms with van der Waals surface area (Å²) in [5.74, 6) is -0.625. The predicted molar refractivity (Wildman–Crippen MR) is 41.9 cm³/mol. The van der Waals surface area contributed by atoms with Gasteiger partial charge in [-0.15, -0.1) is 0 Å². The van der Waals surface area contributed by atoms with Crippen LogP contribution in [0.2, 0.25) is 0 Å². The number of halogens is 3. The second-order valence-corrected chi connectivity index (χ2v) is 3.50. The molecule has 0 saturated heterocycles. The van der Waals surface area contributed by atoms with E-state index in [2.05, 4.69) is 5.32 Å². The van der Waals surface area contributed by atoms with Crippen molar-refractivity contribution in [2.75, 3.05) is 6.54 Å². The van der Waals surface area contributed by atoms with E-state index in [1.54, 1.807) is 0 Å². The highest BCUT2D eigenvalue weighted by atomic mass is 19.4. The molecule has 6 heteroatoms. The second-order valence-electron chi connectivity index (χ2n) is 3.50. The molecule has 3 nitrogen and oxygen atoms in total. The zero-order valence-electron chi connectivity index (χ0n) is 7.53. The van der Waals surface area contributed by atoms with Crippen molar-refractivity contribution in [3.63, 3.8) is 0 Å². The third-order valence-electron chi connectivity index (χ3n) is 1.38. The standard InChI is InChI=1S/C7H13F3N2O/c1-6(2,3-5(11)13)12-4-7(8,9)10/h12H,3-4H2,1-2H3,(H2,11,13). The first kappa shape index (κ1) is 12.2. The summed E-state index contributed by atoms with van der Waals surface area (Å²) in [6.07, 6.45) is -4.39. The Balaban J connectivity index is 3.96. The number of nitrogens with two attached hydrogens (primary N) is 1. The van der Waals surface area contributed by atoms with Gasteiger partial charge in [-0.05, 0) is 13.8 Å². The minimum Gasteiger partial charge on any atom is -0.370 e. The van der Waals surface area contributed by atoms with Crippen molar-refractivity contribution >= 4 is 5.91 Å². The minimum atomic E-state index is -4.27. The van der Waals surface area contributed by atoms with Gasteiger partial charge in [0.25, 0.3) is 0 Å². The van der Waals surface area contributed by atoms with Gasteiger partial charge in [-0.2, -0.15) is 13.2 Å². The van der Waals surface area contributed by atoms with Crippen molar-refractivity contribution in [2.45, 2.75) is 32.0 Å². The smallest absolute Gasteiger partial charge is 0.370 e. The summed E-state index contributed by atoms with van der Waals surface area (Å²) < 4.78 is 35.2. The van der Waals surface area contributed by atoms with E-state index in [1.807, 2.05) is 0 Å². The average Bonchev–Trinajstić information content (AvgIpc) is 1.79. The number of primary amides is 1. The molecule has 0 rings (SSSR count). The molecule has 0 fully saturated rings. The molecule has 0 aliphatic carbocycles. The number of alkyl halides is 3. The summed E-state index contributed by atoms with van der Waals surface area (Å²) in [6.45, 7) is 1.86. The number of nitrogens with one attached hydrogen (secondary N) is 1. The largest absolute Gasteiger partial charge is 0.401 e. The van der Waals surface area contributed by atoms with Gasteiger partial charge < -0.3 is 11.1 Å². The Hall–Kier alpha value is -0.780. The summed E-state index contributed by atoms with van der Waals surface area (Å²) in [5.41, 5.74) is 3.94. The summed E-state index contributed by atoms with van der Waals surface area (Å²) in [7, 11) is 0. The molecular weight excluding hydrogens is 185 g/mol. The topological polar surface area (TPSA) is 55.1 Å². The number of hydrogen-bond donors (Lipinski definition) is 2. The zero-order chi connectivity index (χ0) is 10.7. The van der Waals surface area contributed by atoms with Crippen molar-refractivity contribution in [1.29, 1.82) is 0 Å². The van der Waals surface area contributed by atoms with E-state index in [0.717, 1.165) is 0 Å². The Morgan fingerprint density at radius 3 is 2.15 bits per heavy atom. The molecule has 0 aromatic rings. The molecule has 0 aromatic heterocycles. The molecule has 0 aromatic carbocycles. The molecular formula is C7H13F3N2O. The van der Waals surface area contributed by atoms with Crippen LogP contribution >= 0.6 is 0 Å². The zero-order valence-corrected chi connectivity index (χ0v) is 7.53. The molecule has 0 aliphatic rings. The van der Waals surface area contributed by atoms with E-state index in [1.165, 1.54) is 13.8 Å². The number of carbonyl (C=O) groups excluding carboxylic acids is 1. The Morgan fingerprint density at radius 2 is 1.85 bits per heavy atom. The highest BCUT2D eigenvalue weighted by Crippen LogP contribution is 2.15. The highest BCUT2D eigenvalue weighted by molar-refractivity contribution is 5.74. The molecule has 0 radical (unpaired) electrons. The number of hydrogen-bond acceptors (Lipinski definition) is 2. The van der Waals surface area contributed by atoms with E-state index >= 15 is 0 Å². The highest BCUT2D eigenvalue weighted by Gasteiger charge is 2.31. The monoisotopic (exact) mass is 198 g/mol. The fourth-order valence-electron chi connectivity index (χ4n) is 0.838. The van der Waals surface area contributed by atoms with E-state index < -0.39 is 24.2 Å². The number of carbonyl (C=O) groups is 1. The fraction of sp³-hybridized carbons (Fsp3) is 0.857. The van der Waals surface area contributed by atoms with Gasteiger partial charge in [0.15, 0.2) is 0 Å². The van der Waals surface area contributed by atoms with Crippen LogP contribution in [0, 0.1) is 0 Å². The summed E-state index contributed by atoms with van der Waals surface area (Å²) in [5, 5.41) is 2.20. The van der Waals surface area contributed by atoms with Crippen molar-refractivity contribution in [3.05, 3.63) is 0 Å². The van der Waals surface area contributed by atoms with Crippen LogP contribution < -0.4 is 11.1 Å². The maximum Gasteiger partial charge on any atom is 0.401 e. The SMILES string of the molecule is CC(C)(CC(N)=O)NCC(F)(F)F. The van der Waals surface area contributed by atoms with E-state index in [9.17, 15) is 18.0 Å². The molecule has 0 bridgehead atoms. The predicted octanol–water partition coefficient (Wildman–Crippen LogP) is 0.792. The van der Waals surface area contributed by atoms with Gasteiger partial charge in [-0.25, -0.2) is 0 Å². The van der Waals surface area contributed by atoms with Crippen LogP contribution in [0.15, 0.2) is 0 Å². The Morgan fingerprint density at radius 1 is 1.38 bits per heavy atom. The molecule has 0 aliphatic heterocycles. The molecule has 0 atom stereocenters. The van der Waals surface area contributed by atoms with Crippen LogP contribution in [0.4, 0.5) is 13.2 Å². The van der Waals surface area contributed by atoms with Crippen molar-refractivity contribution in [2.24, 2.45) is 5.73 Å². The summed E-state index contributed by atoms with van der Waals surface area (Å²) in [4.78, 5) is 10.4. The summed E-state index contributed by atoms with van der Waals surface area (Å²) in [6, 6.07) is 0. The normalized spacial score (nSPS) is 13.0. The van der Waals surface area contributed by atoms with Gasteiger partial charge in [0.05, 0.1) is 6.54 Å². The average molecular weight is 198 g/mol. The van der Waals surface area contributed by atoms with Crippen molar-refractivity contribution in [3.8, 4) is 0 Å². The lowest BCUT2D eigenvalue weighted by Crippen LogP contribution is -2.46. The lowest BCUT2D eigenvalue weighted by molar-refractivity contribution is -0.130. The van der Waals surface area contributed by atoms with Gasteiger partial charge in [-0.1, -0.05) is 0 Å². The Kier molecular flexibility index (Phi) is 3.71. The molecule has 78 valence electrons. The van der Waals surface area contributed by atoms with Crippen LogP contribution in [-0.4, -0.2) is 24.2 Å². The third kappa shape index (κ3) is 7.58. The molecule has 0 saturated carbocycles. The van der Waals surface area contributed by atoms with Crippen LogP contribution in [0.5, 0.6) is 0 Å². The Labute approximate surface area is 74.5 Å². The first-order valence-electron chi connectivity index (χ1n) is 3.72. The summed E-state index contributed by atoms with van der Waals surface area (Å²) >= 11 is 0.